The fourth-order valence-corrected chi connectivity index (χ4v) is 3.44. The quantitative estimate of drug-likeness (QED) is 0.573. The number of amides is 1. The van der Waals surface area contributed by atoms with E-state index >= 15 is 0 Å². The number of carbonyl (C=O) groups is 1. The Kier molecular flexibility index (Phi) is 8.34. The van der Waals surface area contributed by atoms with Crippen LogP contribution in [0.1, 0.15) is 12.0 Å². The zero-order chi connectivity index (χ0) is 21.3. The standard InChI is InChI=1S/C19H22F2N2O5S/c1-27-15-6-8-17(9-7-15)29(25,26)23-13-11-18(24)22-12-10-14-2-4-16(5-3-14)28-19(20)21/h2-9,19,23H,10-13H2,1H3,(H,22,24). The number of alkyl halides is 2. The molecule has 0 atom stereocenters. The number of rotatable bonds is 11. The maximum atomic E-state index is 12.2. The highest BCUT2D eigenvalue weighted by atomic mass is 32.2. The molecule has 158 valence electrons. The highest BCUT2D eigenvalue weighted by molar-refractivity contribution is 7.89. The summed E-state index contributed by atoms with van der Waals surface area (Å²) in [5, 5.41) is 2.68. The summed E-state index contributed by atoms with van der Waals surface area (Å²) in [7, 11) is -2.22. The molecule has 0 saturated heterocycles. The first-order valence-corrected chi connectivity index (χ1v) is 10.2. The lowest BCUT2D eigenvalue weighted by Gasteiger charge is -2.09. The monoisotopic (exact) mass is 428 g/mol. The van der Waals surface area contributed by atoms with E-state index in [4.69, 9.17) is 4.74 Å². The minimum absolute atomic E-state index is 0.0173. The molecule has 0 fully saturated rings. The summed E-state index contributed by atoms with van der Waals surface area (Å²) in [6, 6.07) is 12.0. The summed E-state index contributed by atoms with van der Waals surface area (Å²) in [6.07, 6.45) is 0.481. The Morgan fingerprint density at radius 2 is 1.62 bits per heavy atom. The molecule has 2 aromatic carbocycles. The number of hydrogen-bond donors (Lipinski definition) is 2. The van der Waals surface area contributed by atoms with Gasteiger partial charge in [-0.3, -0.25) is 4.79 Å². The lowest BCUT2D eigenvalue weighted by molar-refractivity contribution is -0.120. The van der Waals surface area contributed by atoms with E-state index < -0.39 is 16.6 Å². The average Bonchev–Trinajstić information content (AvgIpc) is 2.69. The number of hydrogen-bond acceptors (Lipinski definition) is 5. The lowest BCUT2D eigenvalue weighted by atomic mass is 10.1. The van der Waals surface area contributed by atoms with Crippen LogP contribution in [0.3, 0.4) is 0 Å². The molecule has 0 aliphatic rings. The molecule has 2 aromatic rings. The summed E-state index contributed by atoms with van der Waals surface area (Å²) in [5.74, 6) is 0.302. The second-order valence-corrected chi connectivity index (χ2v) is 7.71. The molecule has 0 spiro atoms. The van der Waals surface area contributed by atoms with Crippen LogP contribution in [-0.4, -0.2) is 41.1 Å². The smallest absolute Gasteiger partial charge is 0.387 e. The number of ether oxygens (including phenoxy) is 2. The van der Waals surface area contributed by atoms with E-state index in [1.807, 2.05) is 0 Å². The Morgan fingerprint density at radius 1 is 1.00 bits per heavy atom. The van der Waals surface area contributed by atoms with Crippen LogP contribution in [0.15, 0.2) is 53.4 Å². The molecule has 0 radical (unpaired) electrons. The first-order chi connectivity index (χ1) is 13.8. The Balaban J connectivity index is 1.70. The molecule has 0 heterocycles. The third kappa shape index (κ3) is 7.66. The van der Waals surface area contributed by atoms with Gasteiger partial charge in [-0.05, 0) is 48.4 Å². The predicted octanol–water partition coefficient (Wildman–Crippen LogP) is 2.32. The van der Waals surface area contributed by atoms with Gasteiger partial charge in [0.15, 0.2) is 0 Å². The normalized spacial score (nSPS) is 11.3. The molecule has 10 heteroatoms. The Hall–Kier alpha value is -2.72. The second-order valence-electron chi connectivity index (χ2n) is 5.95. The van der Waals surface area contributed by atoms with Gasteiger partial charge >= 0.3 is 6.61 Å². The van der Waals surface area contributed by atoms with Crippen molar-refractivity contribution in [3.63, 3.8) is 0 Å². The molecule has 0 unspecified atom stereocenters. The summed E-state index contributed by atoms with van der Waals surface area (Å²) in [6.45, 7) is -2.58. The van der Waals surface area contributed by atoms with Gasteiger partial charge in [-0.25, -0.2) is 13.1 Å². The van der Waals surface area contributed by atoms with Crippen LogP contribution in [0, 0.1) is 0 Å². The van der Waals surface area contributed by atoms with Gasteiger partial charge in [-0.15, -0.1) is 0 Å². The van der Waals surface area contributed by atoms with Gasteiger partial charge < -0.3 is 14.8 Å². The number of benzene rings is 2. The molecule has 0 bridgehead atoms. The van der Waals surface area contributed by atoms with Gasteiger partial charge in [-0.2, -0.15) is 8.78 Å². The number of sulfonamides is 1. The van der Waals surface area contributed by atoms with E-state index in [0.29, 0.717) is 18.7 Å². The van der Waals surface area contributed by atoms with E-state index in [1.165, 1.54) is 43.5 Å². The first-order valence-electron chi connectivity index (χ1n) is 8.74. The lowest BCUT2D eigenvalue weighted by Crippen LogP contribution is -2.31. The predicted molar refractivity (Wildman–Crippen MR) is 103 cm³/mol. The molecule has 0 aromatic heterocycles. The number of halogens is 2. The average molecular weight is 428 g/mol. The summed E-state index contributed by atoms with van der Waals surface area (Å²) in [4.78, 5) is 11.9. The molecular formula is C19H22F2N2O5S. The molecular weight excluding hydrogens is 406 g/mol. The fourth-order valence-electron chi connectivity index (χ4n) is 2.41. The molecule has 0 aliphatic heterocycles. The molecule has 7 nitrogen and oxygen atoms in total. The molecule has 2 N–H and O–H groups in total. The van der Waals surface area contributed by atoms with Crippen LogP contribution in [0.4, 0.5) is 8.78 Å². The maximum absolute atomic E-state index is 12.2. The van der Waals surface area contributed by atoms with E-state index in [-0.39, 0.29) is 29.5 Å². The molecule has 1 amide bonds. The highest BCUT2D eigenvalue weighted by Gasteiger charge is 2.14. The minimum Gasteiger partial charge on any atom is -0.497 e. The summed E-state index contributed by atoms with van der Waals surface area (Å²) < 4.78 is 60.1. The van der Waals surface area contributed by atoms with Crippen molar-refractivity contribution < 1.29 is 31.5 Å². The van der Waals surface area contributed by atoms with Crippen molar-refractivity contribution in [3.05, 3.63) is 54.1 Å². The van der Waals surface area contributed by atoms with Crippen molar-refractivity contribution in [2.24, 2.45) is 0 Å². The minimum atomic E-state index is -3.71. The van der Waals surface area contributed by atoms with Gasteiger partial charge in [0.25, 0.3) is 0 Å². The summed E-state index contributed by atoms with van der Waals surface area (Å²) >= 11 is 0. The third-order valence-electron chi connectivity index (χ3n) is 3.90. The van der Waals surface area contributed by atoms with Crippen molar-refractivity contribution in [1.29, 1.82) is 0 Å². The van der Waals surface area contributed by atoms with Crippen molar-refractivity contribution >= 4 is 15.9 Å². The summed E-state index contributed by atoms with van der Waals surface area (Å²) in [5.41, 5.74) is 0.840. The van der Waals surface area contributed by atoms with Crippen LogP contribution in [0.5, 0.6) is 11.5 Å². The van der Waals surface area contributed by atoms with E-state index in [0.717, 1.165) is 5.56 Å². The molecule has 0 aliphatic carbocycles. The van der Waals surface area contributed by atoms with Crippen LogP contribution < -0.4 is 19.5 Å². The number of methoxy groups -OCH3 is 1. The molecule has 0 saturated carbocycles. The Bertz CT molecular complexity index is 888. The van der Waals surface area contributed by atoms with Crippen molar-refractivity contribution in [3.8, 4) is 11.5 Å². The Morgan fingerprint density at radius 3 is 2.21 bits per heavy atom. The maximum Gasteiger partial charge on any atom is 0.387 e. The van der Waals surface area contributed by atoms with Crippen molar-refractivity contribution in [1.82, 2.24) is 10.0 Å². The highest BCUT2D eigenvalue weighted by Crippen LogP contribution is 2.16. The first kappa shape index (κ1) is 22.6. The number of carbonyl (C=O) groups excluding carboxylic acids is 1. The van der Waals surface area contributed by atoms with Gasteiger partial charge in [0.05, 0.1) is 12.0 Å². The van der Waals surface area contributed by atoms with Crippen molar-refractivity contribution in [2.75, 3.05) is 20.2 Å². The van der Waals surface area contributed by atoms with Gasteiger partial charge in [0.1, 0.15) is 11.5 Å². The molecule has 2 rings (SSSR count). The largest absolute Gasteiger partial charge is 0.497 e. The topological polar surface area (TPSA) is 93.7 Å². The zero-order valence-corrected chi connectivity index (χ0v) is 16.5. The SMILES string of the molecule is COc1ccc(S(=O)(=O)NCCC(=O)NCCc2ccc(OC(F)F)cc2)cc1. The Labute approximate surface area is 168 Å². The number of nitrogens with one attached hydrogen (secondary N) is 2. The zero-order valence-electron chi connectivity index (χ0n) is 15.7. The van der Waals surface area contributed by atoms with Gasteiger partial charge in [0.2, 0.25) is 15.9 Å². The van der Waals surface area contributed by atoms with Gasteiger partial charge in [0, 0.05) is 19.5 Å². The van der Waals surface area contributed by atoms with Crippen LogP contribution in [-0.2, 0) is 21.2 Å². The van der Waals surface area contributed by atoms with E-state index in [1.54, 1.807) is 12.1 Å². The third-order valence-corrected chi connectivity index (χ3v) is 5.38. The van der Waals surface area contributed by atoms with E-state index in [9.17, 15) is 22.0 Å². The molecule has 29 heavy (non-hydrogen) atoms. The van der Waals surface area contributed by atoms with Crippen LogP contribution in [0.25, 0.3) is 0 Å². The van der Waals surface area contributed by atoms with Crippen LogP contribution >= 0.6 is 0 Å². The van der Waals surface area contributed by atoms with Crippen molar-refractivity contribution in [2.45, 2.75) is 24.3 Å². The van der Waals surface area contributed by atoms with Crippen LogP contribution in [0.2, 0.25) is 0 Å². The second kappa shape index (κ2) is 10.7. The fraction of sp³-hybridized carbons (Fsp3) is 0.316. The van der Waals surface area contributed by atoms with Gasteiger partial charge in [-0.1, -0.05) is 12.1 Å². The van der Waals surface area contributed by atoms with E-state index in [2.05, 4.69) is 14.8 Å².